The molecule has 0 aliphatic heterocycles. The van der Waals surface area contributed by atoms with Crippen LogP contribution in [0.15, 0.2) is 64.7 Å². The van der Waals surface area contributed by atoms with Crippen molar-refractivity contribution in [1.29, 1.82) is 0 Å². The summed E-state index contributed by atoms with van der Waals surface area (Å²) in [5, 5.41) is 72.2. The van der Waals surface area contributed by atoms with E-state index in [9.17, 15) is 83.1 Å². The number of H-pyrrole nitrogens is 1. The molecule has 27 N–H and O–H groups in total. The molecule has 2 aromatic carbocycles. The molecule has 0 bridgehead atoms. The topological polar surface area (TPSA) is 611 Å². The highest BCUT2D eigenvalue weighted by Gasteiger charge is 2.38. The normalized spacial score (nSPS) is 15.3. The summed E-state index contributed by atoms with van der Waals surface area (Å²) in [5.74, 6) is -15.4. The Balaban J connectivity index is 2.06. The van der Waals surface area contributed by atoms with Gasteiger partial charge in [0.25, 0.3) is 0 Å². The predicted octanol–water partition coefficient (Wildman–Crippen LogP) is -6.28. The van der Waals surface area contributed by atoms with Gasteiger partial charge in [0.05, 0.1) is 25.0 Å². The van der Waals surface area contributed by atoms with Gasteiger partial charge in [-0.2, -0.15) is 0 Å². The summed E-state index contributed by atoms with van der Waals surface area (Å²) in [5.41, 5.74) is 34.7. The van der Waals surface area contributed by atoms with E-state index in [0.717, 1.165) is 13.8 Å². The van der Waals surface area contributed by atoms with Gasteiger partial charge in [0.15, 0.2) is 11.9 Å². The number of nitrogens with two attached hydrogens (primary N) is 6. The van der Waals surface area contributed by atoms with Crippen LogP contribution in [0.1, 0.15) is 90.7 Å². The van der Waals surface area contributed by atoms with Crippen LogP contribution in [0.25, 0.3) is 10.9 Å². The average Bonchev–Trinajstić information content (AvgIpc) is 1.62. The number of fused-ring (bicyclic) bond motifs is 1. The van der Waals surface area contributed by atoms with Gasteiger partial charge >= 0.3 is 11.9 Å². The van der Waals surface area contributed by atoms with E-state index in [2.05, 4.69) is 57.5 Å². The number of guanidine groups is 2. The molecule has 0 saturated carbocycles. The average molecular weight is 1300 g/mol. The Labute approximate surface area is 528 Å². The Morgan fingerprint density at radius 1 is 0.522 bits per heavy atom. The van der Waals surface area contributed by atoms with Gasteiger partial charge in [0.2, 0.25) is 59.1 Å². The molecule has 92 heavy (non-hydrogen) atoms. The molecule has 0 fully saturated rings. The number of amides is 10. The molecule has 0 unspecified atom stereocenters. The third kappa shape index (κ3) is 25.4. The first-order valence-corrected chi connectivity index (χ1v) is 29.2. The minimum Gasteiger partial charge on any atom is -0.508 e. The lowest BCUT2D eigenvalue weighted by molar-refractivity contribution is -0.143. The molecule has 0 saturated heterocycles. The van der Waals surface area contributed by atoms with Gasteiger partial charge in [0, 0.05) is 43.0 Å². The number of aromatic amines is 1. The molecule has 0 aliphatic rings. The van der Waals surface area contributed by atoms with Gasteiger partial charge in [-0.15, -0.1) is 0 Å². The monoisotopic (exact) mass is 1290 g/mol. The molecular formula is C57H86N18O17. The molecule has 10 amide bonds. The fourth-order valence-corrected chi connectivity index (χ4v) is 8.98. The van der Waals surface area contributed by atoms with Gasteiger partial charge in [-0.05, 0) is 81.7 Å². The number of carbonyl (C=O) groups is 12. The number of para-hydroxylation sites is 1. The van der Waals surface area contributed by atoms with Crippen LogP contribution >= 0.6 is 0 Å². The van der Waals surface area contributed by atoms with Crippen LogP contribution in [-0.4, -0.2) is 199 Å². The van der Waals surface area contributed by atoms with E-state index in [1.165, 1.54) is 31.2 Å². The van der Waals surface area contributed by atoms with Gasteiger partial charge in [-0.3, -0.25) is 62.7 Å². The van der Waals surface area contributed by atoms with E-state index < -0.39 is 162 Å². The first kappa shape index (κ1) is 76.1. The summed E-state index contributed by atoms with van der Waals surface area (Å²) in [6, 6.07) is -3.95. The molecule has 3 rings (SSSR count). The molecule has 35 nitrogen and oxygen atoms in total. The smallest absolute Gasteiger partial charge is 0.326 e. The molecule has 0 spiro atoms. The second-order valence-corrected chi connectivity index (χ2v) is 21.9. The van der Waals surface area contributed by atoms with E-state index in [1.54, 1.807) is 44.3 Å². The number of primary amides is 1. The molecule has 0 aliphatic carbocycles. The number of aliphatic carboxylic acids is 2. The van der Waals surface area contributed by atoms with E-state index in [0.29, 0.717) is 22.0 Å². The Hall–Kier alpha value is -10.2. The summed E-state index contributed by atoms with van der Waals surface area (Å²) < 4.78 is 0. The predicted molar refractivity (Wildman–Crippen MR) is 331 cm³/mol. The molecular weight excluding hydrogens is 1210 g/mol. The number of carbonyl (C=O) groups excluding carboxylic acids is 10. The fraction of sp³-hybridized carbons (Fsp3) is 0.509. The van der Waals surface area contributed by atoms with Crippen molar-refractivity contribution in [3.05, 3.63) is 65.9 Å². The Morgan fingerprint density at radius 3 is 1.50 bits per heavy atom. The van der Waals surface area contributed by atoms with Gasteiger partial charge in [-0.1, -0.05) is 50.6 Å². The minimum atomic E-state index is -2.06. The molecule has 1 heterocycles. The van der Waals surface area contributed by atoms with Crippen molar-refractivity contribution in [2.24, 2.45) is 50.3 Å². The fourth-order valence-electron chi connectivity index (χ4n) is 8.98. The lowest BCUT2D eigenvalue weighted by atomic mass is 9.96. The van der Waals surface area contributed by atoms with Crippen LogP contribution in [0.2, 0.25) is 0 Å². The summed E-state index contributed by atoms with van der Waals surface area (Å²) in [7, 11) is 0. The lowest BCUT2D eigenvalue weighted by Gasteiger charge is -2.30. The van der Waals surface area contributed by atoms with Crippen molar-refractivity contribution in [3.8, 4) is 5.75 Å². The van der Waals surface area contributed by atoms with Crippen molar-refractivity contribution in [2.75, 3.05) is 13.1 Å². The molecule has 506 valence electrons. The minimum absolute atomic E-state index is 0.0208. The first-order chi connectivity index (χ1) is 43.2. The molecule has 1 aromatic heterocycles. The zero-order valence-electron chi connectivity index (χ0n) is 51.5. The number of aromatic nitrogens is 1. The van der Waals surface area contributed by atoms with E-state index in [-0.39, 0.29) is 75.7 Å². The number of aliphatic hydroxyl groups is 2. The highest BCUT2D eigenvalue weighted by Crippen LogP contribution is 2.21. The number of nitrogens with one attached hydrogen (secondary N) is 10. The van der Waals surface area contributed by atoms with Crippen LogP contribution in [0.5, 0.6) is 5.75 Å². The van der Waals surface area contributed by atoms with Crippen LogP contribution in [0.3, 0.4) is 0 Å². The number of phenolic OH excluding ortho intramolecular Hbond substituents is 1. The number of nitrogens with zero attached hydrogens (tertiary/aromatic N) is 2. The van der Waals surface area contributed by atoms with Crippen molar-refractivity contribution < 1.29 is 83.1 Å². The first-order valence-electron chi connectivity index (χ1n) is 29.2. The number of hydrogen-bond donors (Lipinski definition) is 21. The van der Waals surface area contributed by atoms with Crippen molar-refractivity contribution in [3.63, 3.8) is 0 Å². The number of benzene rings is 2. The van der Waals surface area contributed by atoms with Gasteiger partial charge in [0.1, 0.15) is 66.2 Å². The summed E-state index contributed by atoms with van der Waals surface area (Å²) in [4.78, 5) is 173. The molecule has 0 radical (unpaired) electrons. The van der Waals surface area contributed by atoms with Crippen LogP contribution in [0, 0.1) is 5.92 Å². The quantitative estimate of drug-likeness (QED) is 0.0144. The van der Waals surface area contributed by atoms with Crippen molar-refractivity contribution in [2.45, 2.75) is 165 Å². The number of aliphatic imine (C=N–C) groups is 2. The number of phenols is 1. The molecule has 35 heteroatoms. The summed E-state index contributed by atoms with van der Waals surface area (Å²) in [6.07, 6.45) is -4.20. The molecule has 13 atom stereocenters. The largest absolute Gasteiger partial charge is 0.508 e. The highest BCUT2D eigenvalue weighted by atomic mass is 16.4. The number of aromatic hydroxyl groups is 1. The number of aliphatic hydroxyl groups excluding tert-OH is 2. The van der Waals surface area contributed by atoms with Crippen LogP contribution in [-0.2, 0) is 70.4 Å². The van der Waals surface area contributed by atoms with Crippen LogP contribution in [0.4, 0.5) is 0 Å². The SMILES string of the molecule is CC[C@H](C)[C@H](NC(=O)[C@H](CCCN=C(N)N)NC(=O)[C@H](Cc1ccc(O)cc1)NC(=O)[C@@H](N)[C@@H](C)O)C(=O)N[C@@H](Cc1c[nH]c2ccccc12)C(=O)N[C@@H](CCCN=C(N)N)C(=O)N[C@@H](CC(=O)O)C(=O)N[C@H](C(=O)N[C@@H](C)C(=O)N[C@@H](CC(N)=O)C(=O)O)[C@@H](C)O. The third-order valence-electron chi connectivity index (χ3n) is 14.4. The van der Waals surface area contributed by atoms with Crippen molar-refractivity contribution in [1.82, 2.24) is 52.8 Å². The second kappa shape index (κ2) is 37.1. The third-order valence-corrected chi connectivity index (χ3v) is 14.4. The highest BCUT2D eigenvalue weighted by molar-refractivity contribution is 6.00. The second-order valence-electron chi connectivity index (χ2n) is 21.9. The maximum absolute atomic E-state index is 14.9. The number of rotatable bonds is 39. The van der Waals surface area contributed by atoms with E-state index >= 15 is 0 Å². The maximum atomic E-state index is 14.9. The Kier molecular flexibility index (Phi) is 30.7. The Morgan fingerprint density at radius 2 is 0.989 bits per heavy atom. The zero-order chi connectivity index (χ0) is 69.1. The number of hydrogen-bond acceptors (Lipinski definition) is 18. The van der Waals surface area contributed by atoms with E-state index in [4.69, 9.17) is 34.4 Å². The summed E-state index contributed by atoms with van der Waals surface area (Å²) >= 11 is 0. The standard InChI is InChI=1S/C57H86N18O17/c1-6-26(2)44(74-48(84)36(14-10-20-65-57(62)63)69-49(85)37(71-52(88)43(59)28(4)76)21-30-15-17-32(78)18-16-30)53(89)72-38(22-31-25-66-34-12-8-7-11-33(31)34)50(86)68-35(13-9-19-64-56(60)61)47(83)70-39(24-42(80)81)51(87)75-45(29(5)77)54(90)67-27(3)46(82)73-40(55(91)92)23-41(58)79/h7-8,11-12,15-18,25-29,35-40,43-45,66,76-78H,6,9-10,13-14,19-24,59H2,1-5H3,(H2,58,79)(H,67,90)(H,68,86)(H,69,85)(H,70,83)(H,71,88)(H,72,89)(H,73,82)(H,74,84)(H,75,87)(H,80,81)(H,91,92)(H4,60,61,64)(H4,62,63,65)/t26-,27-,28+,29+,35-,36-,37-,38-,39-,40-,43-,44-,45-/m0/s1. The number of carboxylic acid groups (broad SMARTS) is 2. The zero-order valence-corrected chi connectivity index (χ0v) is 51.5. The van der Waals surface area contributed by atoms with Crippen molar-refractivity contribution >= 4 is 93.8 Å². The maximum Gasteiger partial charge on any atom is 0.326 e. The number of carboxylic acids is 2. The lowest BCUT2D eigenvalue weighted by Crippen LogP contribution is -2.62. The molecule has 3 aromatic rings. The Bertz CT molecular complexity index is 3130. The van der Waals surface area contributed by atoms with Gasteiger partial charge in [-0.25, -0.2) is 4.79 Å². The van der Waals surface area contributed by atoms with Gasteiger partial charge < -0.3 is 113 Å². The summed E-state index contributed by atoms with van der Waals surface area (Å²) in [6.45, 7) is 6.57. The van der Waals surface area contributed by atoms with E-state index in [1.807, 2.05) is 5.32 Å². The van der Waals surface area contributed by atoms with Crippen LogP contribution < -0.4 is 82.3 Å².